The Labute approximate surface area is 106 Å². The molecule has 0 aliphatic rings. The van der Waals surface area contributed by atoms with E-state index in [-0.39, 0.29) is 0 Å². The van der Waals surface area contributed by atoms with Crippen LogP contribution < -0.4 is 11.1 Å². The van der Waals surface area contributed by atoms with Gasteiger partial charge in [0.2, 0.25) is 5.91 Å². The SMILES string of the molecule is CCCCNc1ccnc2cc(C(N)=O)ccc12. The first-order valence-corrected chi connectivity index (χ1v) is 6.15. The fourth-order valence-electron chi connectivity index (χ4n) is 1.86. The molecule has 2 rings (SSSR count). The van der Waals surface area contributed by atoms with Crippen molar-refractivity contribution < 1.29 is 4.79 Å². The van der Waals surface area contributed by atoms with Gasteiger partial charge in [-0.2, -0.15) is 0 Å². The van der Waals surface area contributed by atoms with E-state index in [1.165, 1.54) is 0 Å². The van der Waals surface area contributed by atoms with Crippen LogP contribution in [0.15, 0.2) is 30.5 Å². The summed E-state index contributed by atoms with van der Waals surface area (Å²) in [5, 5.41) is 4.39. The smallest absolute Gasteiger partial charge is 0.248 e. The number of primary amides is 1. The van der Waals surface area contributed by atoms with Crippen molar-refractivity contribution in [3.05, 3.63) is 36.0 Å². The number of pyridine rings is 1. The number of nitrogens with zero attached hydrogens (tertiary/aromatic N) is 1. The molecular formula is C14H17N3O. The molecular weight excluding hydrogens is 226 g/mol. The fourth-order valence-corrected chi connectivity index (χ4v) is 1.86. The summed E-state index contributed by atoms with van der Waals surface area (Å²) in [7, 11) is 0. The number of aromatic nitrogens is 1. The summed E-state index contributed by atoms with van der Waals surface area (Å²) < 4.78 is 0. The quantitative estimate of drug-likeness (QED) is 0.793. The predicted octanol–water partition coefficient (Wildman–Crippen LogP) is 2.55. The number of hydrogen-bond donors (Lipinski definition) is 2. The van der Waals surface area contributed by atoms with Crippen LogP contribution in [0.1, 0.15) is 30.1 Å². The third-order valence-corrected chi connectivity index (χ3v) is 2.87. The lowest BCUT2D eigenvalue weighted by Crippen LogP contribution is -2.10. The van der Waals surface area contributed by atoms with Crippen molar-refractivity contribution in [1.82, 2.24) is 4.98 Å². The molecule has 0 radical (unpaired) electrons. The van der Waals surface area contributed by atoms with Gasteiger partial charge in [0.25, 0.3) is 0 Å². The Balaban J connectivity index is 2.34. The van der Waals surface area contributed by atoms with Crippen LogP contribution in [0, 0.1) is 0 Å². The van der Waals surface area contributed by atoms with E-state index < -0.39 is 5.91 Å². The third-order valence-electron chi connectivity index (χ3n) is 2.87. The number of nitrogens with two attached hydrogens (primary N) is 1. The van der Waals surface area contributed by atoms with Gasteiger partial charge in [-0.05, 0) is 30.7 Å². The van der Waals surface area contributed by atoms with Gasteiger partial charge in [0.1, 0.15) is 0 Å². The van der Waals surface area contributed by atoms with E-state index in [9.17, 15) is 4.79 Å². The first-order chi connectivity index (χ1) is 8.72. The molecule has 0 saturated heterocycles. The van der Waals surface area contributed by atoms with Gasteiger partial charge in [-0.1, -0.05) is 13.3 Å². The minimum atomic E-state index is -0.428. The van der Waals surface area contributed by atoms with E-state index in [1.54, 1.807) is 18.3 Å². The lowest BCUT2D eigenvalue weighted by atomic mass is 10.1. The highest BCUT2D eigenvalue weighted by molar-refractivity contribution is 5.99. The average molecular weight is 243 g/mol. The molecule has 94 valence electrons. The van der Waals surface area contributed by atoms with Crippen LogP contribution >= 0.6 is 0 Å². The zero-order valence-corrected chi connectivity index (χ0v) is 10.4. The van der Waals surface area contributed by atoms with E-state index in [2.05, 4.69) is 17.2 Å². The lowest BCUT2D eigenvalue weighted by molar-refractivity contribution is 0.100. The normalized spacial score (nSPS) is 10.5. The number of rotatable bonds is 5. The molecule has 3 N–H and O–H groups in total. The molecule has 1 aromatic carbocycles. The second-order valence-corrected chi connectivity index (χ2v) is 4.24. The minimum Gasteiger partial charge on any atom is -0.384 e. The van der Waals surface area contributed by atoms with E-state index in [0.717, 1.165) is 36.0 Å². The van der Waals surface area contributed by atoms with E-state index in [0.29, 0.717) is 5.56 Å². The molecule has 0 fully saturated rings. The topological polar surface area (TPSA) is 68.0 Å². The highest BCUT2D eigenvalue weighted by atomic mass is 16.1. The maximum Gasteiger partial charge on any atom is 0.248 e. The van der Waals surface area contributed by atoms with Gasteiger partial charge < -0.3 is 11.1 Å². The van der Waals surface area contributed by atoms with Gasteiger partial charge in [0.15, 0.2) is 0 Å². The van der Waals surface area contributed by atoms with Crippen LogP contribution in [0.4, 0.5) is 5.69 Å². The van der Waals surface area contributed by atoms with Crippen molar-refractivity contribution in [1.29, 1.82) is 0 Å². The molecule has 0 aliphatic carbocycles. The summed E-state index contributed by atoms with van der Waals surface area (Å²) in [4.78, 5) is 15.4. The number of unbranched alkanes of at least 4 members (excludes halogenated alkanes) is 1. The fraction of sp³-hybridized carbons (Fsp3) is 0.286. The Hall–Kier alpha value is -2.10. The number of fused-ring (bicyclic) bond motifs is 1. The summed E-state index contributed by atoms with van der Waals surface area (Å²) in [5.74, 6) is -0.428. The lowest BCUT2D eigenvalue weighted by Gasteiger charge is -2.09. The Morgan fingerprint density at radius 2 is 2.22 bits per heavy atom. The van der Waals surface area contributed by atoms with Crippen molar-refractivity contribution in [3.8, 4) is 0 Å². The molecule has 4 nitrogen and oxygen atoms in total. The largest absolute Gasteiger partial charge is 0.384 e. The molecule has 0 spiro atoms. The third kappa shape index (κ3) is 2.59. The molecule has 1 aromatic heterocycles. The van der Waals surface area contributed by atoms with Crippen molar-refractivity contribution in [2.75, 3.05) is 11.9 Å². The van der Waals surface area contributed by atoms with Crippen LogP contribution in [0.5, 0.6) is 0 Å². The predicted molar refractivity (Wildman–Crippen MR) is 73.7 cm³/mol. The molecule has 4 heteroatoms. The number of carbonyl (C=O) groups is 1. The molecule has 0 atom stereocenters. The van der Waals surface area contributed by atoms with Crippen LogP contribution in [0.3, 0.4) is 0 Å². The van der Waals surface area contributed by atoms with Crippen LogP contribution in [-0.4, -0.2) is 17.4 Å². The van der Waals surface area contributed by atoms with Crippen LogP contribution in [0.25, 0.3) is 10.9 Å². The van der Waals surface area contributed by atoms with E-state index in [1.807, 2.05) is 12.1 Å². The Kier molecular flexibility index (Phi) is 3.77. The van der Waals surface area contributed by atoms with Gasteiger partial charge in [0.05, 0.1) is 5.52 Å². The van der Waals surface area contributed by atoms with Gasteiger partial charge in [-0.15, -0.1) is 0 Å². The monoisotopic (exact) mass is 243 g/mol. The Bertz CT molecular complexity index is 566. The number of anilines is 1. The molecule has 1 heterocycles. The van der Waals surface area contributed by atoms with Crippen LogP contribution in [-0.2, 0) is 0 Å². The second kappa shape index (κ2) is 5.49. The zero-order chi connectivity index (χ0) is 13.0. The number of hydrogen-bond acceptors (Lipinski definition) is 3. The molecule has 0 unspecified atom stereocenters. The average Bonchev–Trinajstić information content (AvgIpc) is 2.38. The standard InChI is InChI=1S/C14H17N3O/c1-2-3-7-16-12-6-8-17-13-9-10(14(15)18)4-5-11(12)13/h4-6,8-9H,2-3,7H2,1H3,(H2,15,18)(H,16,17). The van der Waals surface area contributed by atoms with E-state index in [4.69, 9.17) is 5.73 Å². The second-order valence-electron chi connectivity index (χ2n) is 4.24. The van der Waals surface area contributed by atoms with Crippen molar-refractivity contribution in [3.63, 3.8) is 0 Å². The van der Waals surface area contributed by atoms with Crippen molar-refractivity contribution >= 4 is 22.5 Å². The first kappa shape index (κ1) is 12.4. The zero-order valence-electron chi connectivity index (χ0n) is 10.4. The number of benzene rings is 1. The highest BCUT2D eigenvalue weighted by Crippen LogP contribution is 2.22. The number of amides is 1. The summed E-state index contributed by atoms with van der Waals surface area (Å²) in [5.41, 5.74) is 7.58. The molecule has 18 heavy (non-hydrogen) atoms. The summed E-state index contributed by atoms with van der Waals surface area (Å²) >= 11 is 0. The van der Waals surface area contributed by atoms with Gasteiger partial charge >= 0.3 is 0 Å². The molecule has 0 bridgehead atoms. The van der Waals surface area contributed by atoms with Crippen molar-refractivity contribution in [2.45, 2.75) is 19.8 Å². The minimum absolute atomic E-state index is 0.428. The summed E-state index contributed by atoms with van der Waals surface area (Å²) in [6, 6.07) is 7.29. The summed E-state index contributed by atoms with van der Waals surface area (Å²) in [6.45, 7) is 3.10. The maximum atomic E-state index is 11.1. The van der Waals surface area contributed by atoms with E-state index >= 15 is 0 Å². The number of carbonyl (C=O) groups excluding carboxylic acids is 1. The Morgan fingerprint density at radius 3 is 2.94 bits per heavy atom. The molecule has 0 saturated carbocycles. The molecule has 0 aliphatic heterocycles. The van der Waals surface area contributed by atoms with Gasteiger partial charge in [-0.3, -0.25) is 9.78 Å². The Morgan fingerprint density at radius 1 is 1.39 bits per heavy atom. The van der Waals surface area contributed by atoms with Gasteiger partial charge in [-0.25, -0.2) is 0 Å². The first-order valence-electron chi connectivity index (χ1n) is 6.15. The number of nitrogens with one attached hydrogen (secondary N) is 1. The maximum absolute atomic E-state index is 11.1. The molecule has 2 aromatic rings. The molecule has 1 amide bonds. The van der Waals surface area contributed by atoms with Crippen LogP contribution in [0.2, 0.25) is 0 Å². The van der Waals surface area contributed by atoms with Crippen molar-refractivity contribution in [2.24, 2.45) is 5.73 Å². The van der Waals surface area contributed by atoms with Gasteiger partial charge in [0, 0.05) is 29.4 Å². The summed E-state index contributed by atoms with van der Waals surface area (Å²) in [6.07, 6.45) is 4.02. The highest BCUT2D eigenvalue weighted by Gasteiger charge is 2.05.